The Morgan fingerprint density at radius 2 is 1.80 bits per heavy atom. The Labute approximate surface area is 177 Å². The quantitative estimate of drug-likeness (QED) is 0.271. The lowest BCUT2D eigenvalue weighted by molar-refractivity contribution is -0.137. The number of alkyl halides is 3. The summed E-state index contributed by atoms with van der Waals surface area (Å²) >= 11 is 1.57. The molecule has 3 nitrogen and oxygen atoms in total. The summed E-state index contributed by atoms with van der Waals surface area (Å²) in [6, 6.07) is 11.0. The van der Waals surface area contributed by atoms with Crippen molar-refractivity contribution < 1.29 is 25.8 Å². The molecule has 0 bridgehead atoms. The number of thiophene rings is 1. The van der Waals surface area contributed by atoms with Gasteiger partial charge in [-0.2, -0.15) is 21.6 Å². The number of hydrogen-bond acceptors (Lipinski definition) is 4. The highest BCUT2D eigenvalue weighted by Crippen LogP contribution is 2.39. The van der Waals surface area contributed by atoms with Crippen molar-refractivity contribution in [2.45, 2.75) is 25.9 Å². The van der Waals surface area contributed by atoms with E-state index in [-0.39, 0.29) is 6.61 Å². The second-order valence-electron chi connectivity index (χ2n) is 6.75. The summed E-state index contributed by atoms with van der Waals surface area (Å²) in [5.74, 6) is 6.05. The molecule has 0 radical (unpaired) electrons. The Hall–Kier alpha value is -2.34. The zero-order valence-corrected chi connectivity index (χ0v) is 18.0. The summed E-state index contributed by atoms with van der Waals surface area (Å²) < 4.78 is 65.9. The normalized spacial score (nSPS) is 12.0. The summed E-state index contributed by atoms with van der Waals surface area (Å²) in [4.78, 5) is 1.02. The Kier molecular flexibility index (Phi) is 6.56. The first-order valence-corrected chi connectivity index (χ1v) is 11.7. The third-order valence-electron chi connectivity index (χ3n) is 4.34. The second kappa shape index (κ2) is 8.80. The van der Waals surface area contributed by atoms with E-state index in [0.717, 1.165) is 50.0 Å². The van der Waals surface area contributed by atoms with Crippen LogP contribution in [0.1, 0.15) is 28.8 Å². The van der Waals surface area contributed by atoms with E-state index in [1.165, 1.54) is 12.1 Å². The van der Waals surface area contributed by atoms with Gasteiger partial charge in [-0.05, 0) is 43.2 Å². The third-order valence-corrected chi connectivity index (χ3v) is 6.01. The fraction of sp³-hybridized carbons (Fsp3) is 0.273. The summed E-state index contributed by atoms with van der Waals surface area (Å²) in [6.07, 6.45) is -2.32. The molecule has 3 aromatic rings. The topological polar surface area (TPSA) is 43.4 Å². The molecular formula is C22H19F3O3S2. The molecule has 0 saturated heterocycles. The van der Waals surface area contributed by atoms with Gasteiger partial charge in [-0.15, -0.1) is 11.3 Å². The lowest BCUT2D eigenvalue weighted by Crippen LogP contribution is -2.03. The van der Waals surface area contributed by atoms with Gasteiger partial charge in [0.1, 0.15) is 0 Å². The van der Waals surface area contributed by atoms with Gasteiger partial charge in [0, 0.05) is 32.5 Å². The van der Waals surface area contributed by atoms with Gasteiger partial charge in [-0.25, -0.2) is 0 Å². The largest absolute Gasteiger partial charge is 0.416 e. The van der Waals surface area contributed by atoms with Crippen LogP contribution < -0.4 is 0 Å². The van der Waals surface area contributed by atoms with Gasteiger partial charge in [0.25, 0.3) is 10.1 Å². The molecule has 0 atom stereocenters. The summed E-state index contributed by atoms with van der Waals surface area (Å²) in [5, 5.41) is 0.976. The van der Waals surface area contributed by atoms with Gasteiger partial charge in [-0.3, -0.25) is 4.18 Å². The predicted molar refractivity (Wildman–Crippen MR) is 114 cm³/mol. The standard InChI is InChI=1S/C22H19F3O3S2/c1-15-21(17-8-10-18(11-9-17)22(23,24)25)19-12-7-16(14-20(19)29-15)6-4-3-5-13-28-30(2,26)27/h7-12,14H,3,5,13H2,1-2H3. The molecule has 3 rings (SSSR count). The Morgan fingerprint density at radius 1 is 1.10 bits per heavy atom. The van der Waals surface area contributed by atoms with Crippen LogP contribution in [0, 0.1) is 18.8 Å². The first kappa shape index (κ1) is 22.3. The highest BCUT2D eigenvalue weighted by molar-refractivity contribution is 7.85. The molecule has 0 spiro atoms. The highest BCUT2D eigenvalue weighted by Gasteiger charge is 2.30. The number of halogens is 3. The average Bonchev–Trinajstić information content (AvgIpc) is 2.98. The molecule has 2 aromatic carbocycles. The van der Waals surface area contributed by atoms with Crippen molar-refractivity contribution in [1.82, 2.24) is 0 Å². The molecule has 30 heavy (non-hydrogen) atoms. The number of benzene rings is 2. The molecule has 0 unspecified atom stereocenters. The van der Waals surface area contributed by atoms with E-state index in [0.29, 0.717) is 12.8 Å². The first-order valence-electron chi connectivity index (χ1n) is 9.09. The van der Waals surface area contributed by atoms with Crippen LogP contribution in [0.4, 0.5) is 13.2 Å². The average molecular weight is 453 g/mol. The Bertz CT molecular complexity index is 1210. The third kappa shape index (κ3) is 5.63. The van der Waals surface area contributed by atoms with Crippen LogP contribution in [0.15, 0.2) is 42.5 Å². The van der Waals surface area contributed by atoms with Crippen molar-refractivity contribution in [3.8, 4) is 23.0 Å². The smallest absolute Gasteiger partial charge is 0.270 e. The number of rotatable bonds is 5. The van der Waals surface area contributed by atoms with Crippen LogP contribution in [0.2, 0.25) is 0 Å². The monoisotopic (exact) mass is 452 g/mol. The van der Waals surface area contributed by atoms with E-state index in [9.17, 15) is 21.6 Å². The molecule has 0 aliphatic heterocycles. The van der Waals surface area contributed by atoms with Crippen LogP contribution in [-0.4, -0.2) is 21.3 Å². The van der Waals surface area contributed by atoms with Crippen molar-refractivity contribution in [3.05, 3.63) is 58.5 Å². The van der Waals surface area contributed by atoms with Gasteiger partial charge in [0.05, 0.1) is 18.4 Å². The molecule has 8 heteroatoms. The van der Waals surface area contributed by atoms with Crippen LogP contribution in [-0.2, 0) is 20.5 Å². The minimum absolute atomic E-state index is 0.104. The van der Waals surface area contributed by atoms with Crippen molar-refractivity contribution in [3.63, 3.8) is 0 Å². The van der Waals surface area contributed by atoms with Gasteiger partial charge >= 0.3 is 6.18 Å². The molecular weight excluding hydrogens is 433 g/mol. The van der Waals surface area contributed by atoms with Gasteiger partial charge in [-0.1, -0.05) is 30.0 Å². The maximum absolute atomic E-state index is 12.8. The minimum atomic E-state index is -4.35. The van der Waals surface area contributed by atoms with Crippen molar-refractivity contribution in [1.29, 1.82) is 0 Å². The number of hydrogen-bond donors (Lipinski definition) is 0. The van der Waals surface area contributed by atoms with Gasteiger partial charge < -0.3 is 0 Å². The van der Waals surface area contributed by atoms with E-state index in [4.69, 9.17) is 0 Å². The lowest BCUT2D eigenvalue weighted by Gasteiger charge is -2.08. The Balaban J connectivity index is 1.78. The zero-order valence-electron chi connectivity index (χ0n) is 16.3. The first-order chi connectivity index (χ1) is 14.0. The van der Waals surface area contributed by atoms with E-state index < -0.39 is 21.9 Å². The van der Waals surface area contributed by atoms with Crippen molar-refractivity contribution in [2.24, 2.45) is 0 Å². The van der Waals surface area contributed by atoms with Gasteiger partial charge in [0.15, 0.2) is 0 Å². The van der Waals surface area contributed by atoms with Crippen LogP contribution in [0.3, 0.4) is 0 Å². The zero-order chi connectivity index (χ0) is 21.9. The Morgan fingerprint density at radius 3 is 2.43 bits per heavy atom. The van der Waals surface area contributed by atoms with E-state index in [1.54, 1.807) is 11.3 Å². The molecule has 0 aliphatic rings. The predicted octanol–water partition coefficient (Wildman–Crippen LogP) is 6.00. The second-order valence-corrected chi connectivity index (χ2v) is 9.65. The molecule has 1 aromatic heterocycles. The maximum Gasteiger partial charge on any atom is 0.416 e. The summed E-state index contributed by atoms with van der Waals surface area (Å²) in [5.41, 5.74) is 1.84. The molecule has 0 N–H and O–H groups in total. The molecule has 158 valence electrons. The highest BCUT2D eigenvalue weighted by atomic mass is 32.2. The maximum atomic E-state index is 12.8. The lowest BCUT2D eigenvalue weighted by atomic mass is 10.00. The van der Waals surface area contributed by atoms with Crippen molar-refractivity contribution >= 4 is 31.5 Å². The molecule has 0 fully saturated rings. The van der Waals surface area contributed by atoms with E-state index in [1.807, 2.05) is 25.1 Å². The summed E-state index contributed by atoms with van der Waals surface area (Å²) in [6.45, 7) is 2.05. The van der Waals surface area contributed by atoms with Crippen LogP contribution in [0.25, 0.3) is 21.2 Å². The molecule has 0 saturated carbocycles. The molecule has 1 heterocycles. The molecule has 0 amide bonds. The van der Waals surface area contributed by atoms with Crippen LogP contribution >= 0.6 is 11.3 Å². The molecule has 0 aliphatic carbocycles. The van der Waals surface area contributed by atoms with Crippen molar-refractivity contribution in [2.75, 3.05) is 12.9 Å². The van der Waals surface area contributed by atoms with Gasteiger partial charge in [0.2, 0.25) is 0 Å². The van der Waals surface area contributed by atoms with E-state index >= 15 is 0 Å². The summed E-state index contributed by atoms with van der Waals surface area (Å²) in [7, 11) is -3.42. The number of aryl methyl sites for hydroxylation is 1. The van der Waals surface area contributed by atoms with Crippen LogP contribution in [0.5, 0.6) is 0 Å². The SMILES string of the molecule is Cc1sc2cc(C#CCCCOS(C)(=O)=O)ccc2c1-c1ccc(C(F)(F)F)cc1. The number of fused-ring (bicyclic) bond motifs is 1. The number of unbranched alkanes of at least 4 members (excludes halogenated alkanes) is 1. The fourth-order valence-electron chi connectivity index (χ4n) is 3.02. The van der Waals surface area contributed by atoms with E-state index in [2.05, 4.69) is 16.0 Å². The fourth-order valence-corrected chi connectivity index (χ4v) is 4.56. The minimum Gasteiger partial charge on any atom is -0.270 e.